The van der Waals surface area contributed by atoms with Gasteiger partial charge in [-0.1, -0.05) is 179 Å². The van der Waals surface area contributed by atoms with E-state index in [4.69, 9.17) is 0 Å². The number of unbranched alkanes of at least 4 members (excludes halogenated alkanes) is 22. The van der Waals surface area contributed by atoms with Gasteiger partial charge in [0.15, 0.2) is 11.6 Å². The van der Waals surface area contributed by atoms with Crippen molar-refractivity contribution >= 4 is 11.6 Å². The summed E-state index contributed by atoms with van der Waals surface area (Å²) < 4.78 is 0. The molecule has 0 rings (SSSR count). The number of hydrogen-bond donors (Lipinski definition) is 3. The summed E-state index contributed by atoms with van der Waals surface area (Å²) in [7, 11) is 0. The molecule has 254 valence electrons. The molecule has 5 heteroatoms. The SMILES string of the molecule is CCCCCCCCCCCCCC=CC=CC(=O)C(O)C(O)C(O)C(=O)C=CC=CCCCCCCCCCCCCC. The lowest BCUT2D eigenvalue weighted by Crippen LogP contribution is -2.45. The second kappa shape index (κ2) is 32.6. The molecule has 0 saturated carbocycles. The maximum Gasteiger partial charge on any atom is 0.186 e. The van der Waals surface area contributed by atoms with Gasteiger partial charge in [0, 0.05) is 0 Å². The van der Waals surface area contributed by atoms with E-state index in [0.717, 1.165) is 37.8 Å². The molecule has 0 saturated heterocycles. The zero-order valence-electron chi connectivity index (χ0n) is 28.5. The first kappa shape index (κ1) is 42.2. The lowest BCUT2D eigenvalue weighted by molar-refractivity contribution is -0.141. The normalized spacial score (nSPS) is 14.4. The number of hydrogen-bond acceptors (Lipinski definition) is 5. The molecule has 0 bridgehead atoms. The van der Waals surface area contributed by atoms with Gasteiger partial charge in [-0.25, -0.2) is 0 Å². The van der Waals surface area contributed by atoms with Gasteiger partial charge in [-0.2, -0.15) is 0 Å². The summed E-state index contributed by atoms with van der Waals surface area (Å²) >= 11 is 0. The number of carbonyl (C=O) groups excluding carboxylic acids is 2. The molecule has 0 spiro atoms. The molecule has 44 heavy (non-hydrogen) atoms. The molecule has 0 aliphatic heterocycles. The van der Waals surface area contributed by atoms with Crippen LogP contribution in [0.25, 0.3) is 0 Å². The molecule has 3 N–H and O–H groups in total. The lowest BCUT2D eigenvalue weighted by Gasteiger charge is -2.19. The number of carbonyl (C=O) groups is 2. The Kier molecular flexibility index (Phi) is 31.2. The lowest BCUT2D eigenvalue weighted by atomic mass is 10.0. The van der Waals surface area contributed by atoms with E-state index in [2.05, 4.69) is 13.8 Å². The topological polar surface area (TPSA) is 94.8 Å². The molecule has 0 radical (unpaired) electrons. The van der Waals surface area contributed by atoms with Gasteiger partial charge in [-0.3, -0.25) is 9.59 Å². The third-order valence-corrected chi connectivity index (χ3v) is 8.19. The van der Waals surface area contributed by atoms with Crippen molar-refractivity contribution in [2.45, 2.75) is 186 Å². The Labute approximate surface area is 271 Å². The minimum absolute atomic E-state index is 0.750. The Hall–Kier alpha value is -1.82. The Morgan fingerprint density at radius 3 is 1.00 bits per heavy atom. The molecular formula is C39H68O5. The van der Waals surface area contributed by atoms with Crippen LogP contribution in [0.4, 0.5) is 0 Å². The molecule has 0 amide bonds. The van der Waals surface area contributed by atoms with Gasteiger partial charge < -0.3 is 15.3 Å². The van der Waals surface area contributed by atoms with Crippen molar-refractivity contribution in [2.75, 3.05) is 0 Å². The van der Waals surface area contributed by atoms with Crippen molar-refractivity contribution in [1.29, 1.82) is 0 Å². The van der Waals surface area contributed by atoms with Gasteiger partial charge in [0.05, 0.1) is 0 Å². The van der Waals surface area contributed by atoms with E-state index in [1.54, 1.807) is 12.2 Å². The Morgan fingerprint density at radius 2 is 0.705 bits per heavy atom. The predicted molar refractivity (Wildman–Crippen MR) is 187 cm³/mol. The van der Waals surface area contributed by atoms with Gasteiger partial charge >= 0.3 is 0 Å². The summed E-state index contributed by atoms with van der Waals surface area (Å²) in [6, 6.07) is 0. The van der Waals surface area contributed by atoms with Crippen LogP contribution in [0, 0.1) is 0 Å². The zero-order valence-corrected chi connectivity index (χ0v) is 28.5. The van der Waals surface area contributed by atoms with Crippen molar-refractivity contribution in [3.63, 3.8) is 0 Å². The summed E-state index contributed by atoms with van der Waals surface area (Å²) in [4.78, 5) is 24.3. The number of aliphatic hydroxyl groups is 3. The molecule has 0 aromatic carbocycles. The third-order valence-electron chi connectivity index (χ3n) is 8.19. The van der Waals surface area contributed by atoms with Gasteiger partial charge in [0.1, 0.15) is 18.3 Å². The summed E-state index contributed by atoms with van der Waals surface area (Å²) in [5.74, 6) is -1.50. The van der Waals surface area contributed by atoms with E-state index < -0.39 is 29.9 Å². The smallest absolute Gasteiger partial charge is 0.186 e. The standard InChI is InChI=1S/C39H68O5/c1-3-5-7-9-11-13-15-17-19-21-23-25-27-29-31-33-35(40)37(42)39(44)38(43)36(41)34-32-30-28-26-24-22-20-18-16-14-12-10-8-6-4-2/h27-34,37-39,42-44H,3-26H2,1-2H3. The quantitative estimate of drug-likeness (QED) is 0.0397. The maximum absolute atomic E-state index is 12.2. The molecule has 0 fully saturated rings. The molecule has 0 aromatic rings. The van der Waals surface area contributed by atoms with E-state index in [9.17, 15) is 24.9 Å². The average molecular weight is 617 g/mol. The van der Waals surface area contributed by atoms with E-state index >= 15 is 0 Å². The van der Waals surface area contributed by atoms with Crippen molar-refractivity contribution < 1.29 is 24.9 Å². The van der Waals surface area contributed by atoms with Crippen molar-refractivity contribution in [1.82, 2.24) is 0 Å². The molecular weight excluding hydrogens is 548 g/mol. The summed E-state index contributed by atoms with van der Waals surface area (Å²) in [5, 5.41) is 30.3. The Morgan fingerprint density at radius 1 is 0.432 bits per heavy atom. The number of ketones is 2. The van der Waals surface area contributed by atoms with E-state index in [-0.39, 0.29) is 0 Å². The van der Waals surface area contributed by atoms with Crippen LogP contribution in [0.5, 0.6) is 0 Å². The average Bonchev–Trinajstić information content (AvgIpc) is 3.03. The summed E-state index contributed by atoms with van der Waals surface area (Å²) in [6.45, 7) is 4.49. The second-order valence-corrected chi connectivity index (χ2v) is 12.4. The number of aliphatic hydroxyl groups excluding tert-OH is 3. The van der Waals surface area contributed by atoms with Crippen LogP contribution < -0.4 is 0 Å². The molecule has 0 aliphatic carbocycles. The Bertz CT molecular complexity index is 717. The first-order valence-corrected chi connectivity index (χ1v) is 18.2. The highest BCUT2D eigenvalue weighted by Crippen LogP contribution is 2.13. The molecule has 0 aromatic heterocycles. The van der Waals surface area contributed by atoms with Crippen LogP contribution in [0.1, 0.15) is 168 Å². The van der Waals surface area contributed by atoms with Gasteiger partial charge in [-0.15, -0.1) is 0 Å². The minimum Gasteiger partial charge on any atom is -0.387 e. The van der Waals surface area contributed by atoms with Crippen molar-refractivity contribution in [3.8, 4) is 0 Å². The van der Waals surface area contributed by atoms with E-state index in [0.29, 0.717) is 0 Å². The fourth-order valence-corrected chi connectivity index (χ4v) is 5.21. The van der Waals surface area contributed by atoms with Gasteiger partial charge in [0.25, 0.3) is 0 Å². The monoisotopic (exact) mass is 617 g/mol. The number of allylic oxidation sites excluding steroid dienone is 6. The molecule has 2 unspecified atom stereocenters. The highest BCUT2D eigenvalue weighted by Gasteiger charge is 2.32. The van der Waals surface area contributed by atoms with E-state index in [1.807, 2.05) is 12.2 Å². The summed E-state index contributed by atoms with van der Waals surface area (Å²) in [6.07, 6.45) is 37.7. The van der Waals surface area contributed by atoms with Crippen LogP contribution in [0.3, 0.4) is 0 Å². The van der Waals surface area contributed by atoms with E-state index in [1.165, 1.54) is 141 Å². The number of rotatable bonds is 32. The largest absolute Gasteiger partial charge is 0.387 e. The van der Waals surface area contributed by atoms with Gasteiger partial charge in [-0.05, 0) is 37.8 Å². The molecule has 0 heterocycles. The maximum atomic E-state index is 12.2. The first-order chi connectivity index (χ1) is 21.5. The summed E-state index contributed by atoms with van der Waals surface area (Å²) in [5.41, 5.74) is 0. The van der Waals surface area contributed by atoms with Crippen molar-refractivity contribution in [2.24, 2.45) is 0 Å². The minimum atomic E-state index is -1.88. The zero-order chi connectivity index (χ0) is 32.5. The highest BCUT2D eigenvalue weighted by atomic mass is 16.4. The predicted octanol–water partition coefficient (Wildman–Crippen LogP) is 9.83. The van der Waals surface area contributed by atoms with Crippen LogP contribution in [-0.2, 0) is 9.59 Å². The second-order valence-electron chi connectivity index (χ2n) is 12.4. The highest BCUT2D eigenvalue weighted by molar-refractivity contribution is 5.97. The van der Waals surface area contributed by atoms with Crippen molar-refractivity contribution in [3.05, 3.63) is 48.6 Å². The van der Waals surface area contributed by atoms with Crippen LogP contribution in [0.2, 0.25) is 0 Å². The van der Waals surface area contributed by atoms with Crippen LogP contribution >= 0.6 is 0 Å². The molecule has 2 atom stereocenters. The first-order valence-electron chi connectivity index (χ1n) is 18.2. The van der Waals surface area contributed by atoms with Gasteiger partial charge in [0.2, 0.25) is 0 Å². The molecule has 0 aliphatic rings. The van der Waals surface area contributed by atoms with Crippen LogP contribution in [0.15, 0.2) is 48.6 Å². The fourth-order valence-electron chi connectivity index (χ4n) is 5.21. The fraction of sp³-hybridized carbons (Fsp3) is 0.744. The van der Waals surface area contributed by atoms with Crippen LogP contribution in [-0.4, -0.2) is 45.2 Å². The Balaban J connectivity index is 3.96. The molecule has 5 nitrogen and oxygen atoms in total. The third kappa shape index (κ3) is 26.6.